The van der Waals surface area contributed by atoms with E-state index >= 15 is 0 Å². The second kappa shape index (κ2) is 11.5. The van der Waals surface area contributed by atoms with E-state index in [9.17, 15) is 8.42 Å². The molecular weight excluding hydrogens is 388 g/mol. The summed E-state index contributed by atoms with van der Waals surface area (Å²) in [7, 11) is -3.41. The molecule has 0 amide bonds. The number of aliphatic imine (C=N–C) groups is 1. The van der Waals surface area contributed by atoms with Gasteiger partial charge in [0.25, 0.3) is 0 Å². The molecule has 164 valence electrons. The zero-order valence-corrected chi connectivity index (χ0v) is 18.9. The van der Waals surface area contributed by atoms with Crippen molar-refractivity contribution in [2.24, 2.45) is 10.9 Å². The van der Waals surface area contributed by atoms with Gasteiger partial charge in [-0.05, 0) is 56.7 Å². The molecule has 29 heavy (non-hydrogen) atoms. The first kappa shape index (κ1) is 23.6. The highest BCUT2D eigenvalue weighted by atomic mass is 32.2. The third-order valence-corrected chi connectivity index (χ3v) is 6.28. The summed E-state index contributed by atoms with van der Waals surface area (Å²) in [5.41, 5.74) is 0.960. The highest BCUT2D eigenvalue weighted by Gasteiger charge is 2.27. The van der Waals surface area contributed by atoms with Gasteiger partial charge in [0.1, 0.15) is 0 Å². The standard InChI is InChI=1S/C21H36N4O3S/c1-5-22-21(23-14-13-20(16(3)4)28-6-2)24-15-17-7-11-19(12-8-17)29(26,27)25-18-9-10-18/h7-8,11-12,16,18,20,25H,5-6,9-10,13-15H2,1-4H3,(H2,22,23,24). The lowest BCUT2D eigenvalue weighted by atomic mass is 10.0. The van der Waals surface area contributed by atoms with Gasteiger partial charge in [0.05, 0.1) is 17.5 Å². The Balaban J connectivity index is 1.90. The predicted molar refractivity (Wildman–Crippen MR) is 117 cm³/mol. The first-order valence-electron chi connectivity index (χ1n) is 10.6. The van der Waals surface area contributed by atoms with E-state index in [-0.39, 0.29) is 12.1 Å². The van der Waals surface area contributed by atoms with Gasteiger partial charge in [-0.3, -0.25) is 0 Å². The second-order valence-electron chi connectivity index (χ2n) is 7.69. The van der Waals surface area contributed by atoms with Crippen molar-refractivity contribution in [2.45, 2.75) is 70.5 Å². The third kappa shape index (κ3) is 8.32. The van der Waals surface area contributed by atoms with Gasteiger partial charge in [0, 0.05) is 25.7 Å². The van der Waals surface area contributed by atoms with Crippen LogP contribution in [0.25, 0.3) is 0 Å². The molecule has 1 aliphatic carbocycles. The Hall–Kier alpha value is -1.64. The molecule has 1 unspecified atom stereocenters. The van der Waals surface area contributed by atoms with E-state index < -0.39 is 10.0 Å². The number of nitrogens with zero attached hydrogens (tertiary/aromatic N) is 1. The van der Waals surface area contributed by atoms with Crippen molar-refractivity contribution < 1.29 is 13.2 Å². The van der Waals surface area contributed by atoms with E-state index in [1.807, 2.05) is 26.0 Å². The molecule has 0 spiro atoms. The molecule has 1 fully saturated rings. The van der Waals surface area contributed by atoms with Crippen LogP contribution in [0.4, 0.5) is 0 Å². The molecule has 1 saturated carbocycles. The van der Waals surface area contributed by atoms with Gasteiger partial charge < -0.3 is 15.4 Å². The van der Waals surface area contributed by atoms with E-state index in [1.165, 1.54) is 0 Å². The molecule has 8 heteroatoms. The normalized spacial score (nSPS) is 16.1. The molecule has 2 rings (SSSR count). The van der Waals surface area contributed by atoms with E-state index in [0.29, 0.717) is 17.4 Å². The number of hydrogen-bond acceptors (Lipinski definition) is 4. The molecule has 1 aromatic rings. The number of ether oxygens (including phenoxy) is 1. The lowest BCUT2D eigenvalue weighted by Gasteiger charge is -2.21. The minimum atomic E-state index is -3.41. The first-order valence-corrected chi connectivity index (χ1v) is 12.1. The van der Waals surface area contributed by atoms with Crippen LogP contribution in [-0.2, 0) is 21.3 Å². The van der Waals surface area contributed by atoms with Crippen LogP contribution in [-0.4, -0.2) is 46.2 Å². The number of guanidine groups is 1. The van der Waals surface area contributed by atoms with Crippen LogP contribution < -0.4 is 15.4 Å². The van der Waals surface area contributed by atoms with Crippen LogP contribution in [0.5, 0.6) is 0 Å². The summed E-state index contributed by atoms with van der Waals surface area (Å²) < 4.78 is 33.0. The zero-order valence-electron chi connectivity index (χ0n) is 18.1. The van der Waals surface area contributed by atoms with Crippen molar-refractivity contribution in [3.8, 4) is 0 Å². The summed E-state index contributed by atoms with van der Waals surface area (Å²) in [5.74, 6) is 1.22. The van der Waals surface area contributed by atoms with Crippen LogP contribution in [0.3, 0.4) is 0 Å². The summed E-state index contributed by atoms with van der Waals surface area (Å²) in [6, 6.07) is 7.03. The van der Waals surface area contributed by atoms with Crippen molar-refractivity contribution in [3.05, 3.63) is 29.8 Å². The Morgan fingerprint density at radius 2 is 1.86 bits per heavy atom. The molecule has 1 aliphatic rings. The largest absolute Gasteiger partial charge is 0.378 e. The van der Waals surface area contributed by atoms with Crippen molar-refractivity contribution >= 4 is 16.0 Å². The topological polar surface area (TPSA) is 91.8 Å². The van der Waals surface area contributed by atoms with Crippen molar-refractivity contribution in [2.75, 3.05) is 19.7 Å². The number of benzene rings is 1. The lowest BCUT2D eigenvalue weighted by molar-refractivity contribution is 0.0258. The van der Waals surface area contributed by atoms with Gasteiger partial charge in [-0.25, -0.2) is 18.1 Å². The molecule has 1 atom stereocenters. The number of sulfonamides is 1. The van der Waals surface area contributed by atoms with Gasteiger partial charge >= 0.3 is 0 Å². The summed E-state index contributed by atoms with van der Waals surface area (Å²) in [5, 5.41) is 6.60. The Labute approximate surface area is 175 Å². The summed E-state index contributed by atoms with van der Waals surface area (Å²) in [6.07, 6.45) is 2.99. The summed E-state index contributed by atoms with van der Waals surface area (Å²) in [6.45, 7) is 11.1. The quantitative estimate of drug-likeness (QED) is 0.354. The fourth-order valence-electron chi connectivity index (χ4n) is 2.93. The molecule has 0 radical (unpaired) electrons. The fraction of sp³-hybridized carbons (Fsp3) is 0.667. The molecule has 0 bridgehead atoms. The maximum atomic E-state index is 12.2. The second-order valence-corrected chi connectivity index (χ2v) is 9.40. The van der Waals surface area contributed by atoms with Crippen molar-refractivity contribution in [3.63, 3.8) is 0 Å². The maximum absolute atomic E-state index is 12.2. The minimum absolute atomic E-state index is 0.107. The highest BCUT2D eigenvalue weighted by Crippen LogP contribution is 2.22. The number of nitrogens with one attached hydrogen (secondary N) is 3. The van der Waals surface area contributed by atoms with E-state index in [1.54, 1.807) is 12.1 Å². The van der Waals surface area contributed by atoms with Crippen molar-refractivity contribution in [1.29, 1.82) is 0 Å². The monoisotopic (exact) mass is 424 g/mol. The Morgan fingerprint density at radius 3 is 2.41 bits per heavy atom. The van der Waals surface area contributed by atoms with Crippen LogP contribution in [0.1, 0.15) is 52.5 Å². The summed E-state index contributed by atoms with van der Waals surface area (Å²) in [4.78, 5) is 4.91. The summed E-state index contributed by atoms with van der Waals surface area (Å²) >= 11 is 0. The van der Waals surface area contributed by atoms with E-state index in [2.05, 4.69) is 34.2 Å². The van der Waals surface area contributed by atoms with Gasteiger partial charge in [-0.1, -0.05) is 26.0 Å². The predicted octanol–water partition coefficient (Wildman–Crippen LogP) is 2.63. The van der Waals surface area contributed by atoms with Gasteiger partial charge in [0.2, 0.25) is 10.0 Å². The smallest absolute Gasteiger partial charge is 0.240 e. The molecule has 7 nitrogen and oxygen atoms in total. The maximum Gasteiger partial charge on any atom is 0.240 e. The Morgan fingerprint density at radius 1 is 1.17 bits per heavy atom. The highest BCUT2D eigenvalue weighted by molar-refractivity contribution is 7.89. The van der Waals surface area contributed by atoms with Gasteiger partial charge in [0.15, 0.2) is 5.96 Å². The fourth-order valence-corrected chi connectivity index (χ4v) is 4.24. The molecule has 0 heterocycles. The minimum Gasteiger partial charge on any atom is -0.378 e. The van der Waals surface area contributed by atoms with Crippen LogP contribution in [0, 0.1) is 5.92 Å². The Bertz CT molecular complexity index is 744. The van der Waals surface area contributed by atoms with Crippen LogP contribution in [0.15, 0.2) is 34.2 Å². The molecule has 0 aromatic heterocycles. The average Bonchev–Trinajstić information content (AvgIpc) is 3.49. The zero-order chi connectivity index (χ0) is 21.3. The van der Waals surface area contributed by atoms with Gasteiger partial charge in [-0.2, -0.15) is 0 Å². The number of rotatable bonds is 12. The first-order chi connectivity index (χ1) is 13.9. The lowest BCUT2D eigenvalue weighted by Crippen LogP contribution is -2.39. The van der Waals surface area contributed by atoms with Crippen LogP contribution in [0.2, 0.25) is 0 Å². The number of hydrogen-bond donors (Lipinski definition) is 3. The molecular formula is C21H36N4O3S. The SMILES string of the molecule is CCNC(=NCc1ccc(S(=O)(=O)NC2CC2)cc1)NCCC(OCC)C(C)C. The van der Waals surface area contributed by atoms with E-state index in [4.69, 9.17) is 4.74 Å². The molecule has 3 N–H and O–H groups in total. The average molecular weight is 425 g/mol. The van der Waals surface area contributed by atoms with Crippen LogP contribution >= 0.6 is 0 Å². The molecule has 0 saturated heterocycles. The van der Waals surface area contributed by atoms with Gasteiger partial charge in [-0.15, -0.1) is 0 Å². The third-order valence-electron chi connectivity index (χ3n) is 4.74. The Kier molecular flexibility index (Phi) is 9.39. The molecule has 1 aromatic carbocycles. The van der Waals surface area contributed by atoms with Crippen molar-refractivity contribution in [1.82, 2.24) is 15.4 Å². The van der Waals surface area contributed by atoms with E-state index in [0.717, 1.165) is 50.5 Å². The molecule has 0 aliphatic heterocycles.